The van der Waals surface area contributed by atoms with Gasteiger partial charge in [-0.25, -0.2) is 4.39 Å². The summed E-state index contributed by atoms with van der Waals surface area (Å²) in [6, 6.07) is 7.13. The van der Waals surface area contributed by atoms with Gasteiger partial charge < -0.3 is 5.73 Å². The molecule has 0 radical (unpaired) electrons. The van der Waals surface area contributed by atoms with E-state index in [0.29, 0.717) is 12.0 Å². The molecular weight excluding hydrogens is 227 g/mol. The molecule has 0 aliphatic carbocycles. The Kier molecular flexibility index (Phi) is 5.29. The van der Waals surface area contributed by atoms with Gasteiger partial charge in [-0.1, -0.05) is 26.0 Å². The number of hydrogen-bond donors (Lipinski definition) is 1. The molecule has 3 atom stereocenters. The zero-order chi connectivity index (χ0) is 13.9. The maximum Gasteiger partial charge on any atom is 0.123 e. The minimum absolute atomic E-state index is 0.0399. The van der Waals surface area contributed by atoms with Crippen LogP contribution in [0.1, 0.15) is 39.3 Å². The van der Waals surface area contributed by atoms with E-state index in [2.05, 4.69) is 32.7 Å². The third kappa shape index (κ3) is 3.53. The van der Waals surface area contributed by atoms with Crippen LogP contribution >= 0.6 is 0 Å². The van der Waals surface area contributed by atoms with Crippen molar-refractivity contribution in [1.29, 1.82) is 0 Å². The molecule has 0 heterocycles. The van der Waals surface area contributed by atoms with E-state index in [0.717, 1.165) is 5.56 Å². The highest BCUT2D eigenvalue weighted by atomic mass is 19.1. The first kappa shape index (κ1) is 15.1. The average molecular weight is 252 g/mol. The molecule has 2 N–H and O–H groups in total. The molecule has 102 valence electrons. The molecule has 0 aliphatic rings. The van der Waals surface area contributed by atoms with Crippen molar-refractivity contribution in [2.45, 2.75) is 45.8 Å². The number of benzene rings is 1. The molecule has 18 heavy (non-hydrogen) atoms. The Morgan fingerprint density at radius 2 is 1.78 bits per heavy atom. The van der Waals surface area contributed by atoms with Crippen LogP contribution in [0.15, 0.2) is 24.3 Å². The average Bonchev–Trinajstić information content (AvgIpc) is 2.27. The second kappa shape index (κ2) is 6.30. The molecule has 0 aromatic heterocycles. The molecule has 0 bridgehead atoms. The standard InChI is InChI=1S/C15H25FN2/c1-10(2)12(4)18(5)15(11(3)17)13-7-6-8-14(16)9-13/h6-12,15H,17H2,1-5H3. The van der Waals surface area contributed by atoms with Gasteiger partial charge in [0.25, 0.3) is 0 Å². The van der Waals surface area contributed by atoms with Crippen LogP contribution < -0.4 is 5.73 Å². The van der Waals surface area contributed by atoms with Gasteiger partial charge >= 0.3 is 0 Å². The number of hydrogen-bond acceptors (Lipinski definition) is 2. The van der Waals surface area contributed by atoms with Gasteiger partial charge in [0.2, 0.25) is 0 Å². The van der Waals surface area contributed by atoms with Crippen LogP contribution in [0.4, 0.5) is 4.39 Å². The van der Waals surface area contributed by atoms with Gasteiger partial charge in [0.1, 0.15) is 5.82 Å². The van der Waals surface area contributed by atoms with Crippen molar-refractivity contribution in [3.8, 4) is 0 Å². The summed E-state index contributed by atoms with van der Waals surface area (Å²) in [6.45, 7) is 8.52. The largest absolute Gasteiger partial charge is 0.326 e. The summed E-state index contributed by atoms with van der Waals surface area (Å²) in [6.07, 6.45) is 0. The lowest BCUT2D eigenvalue weighted by atomic mass is 9.95. The summed E-state index contributed by atoms with van der Waals surface area (Å²) in [5.41, 5.74) is 7.04. The highest BCUT2D eigenvalue weighted by Crippen LogP contribution is 2.26. The second-order valence-electron chi connectivity index (χ2n) is 5.51. The summed E-state index contributed by atoms with van der Waals surface area (Å²) < 4.78 is 13.4. The van der Waals surface area contributed by atoms with Gasteiger partial charge in [0, 0.05) is 18.1 Å². The molecule has 1 rings (SSSR count). The van der Waals surface area contributed by atoms with E-state index in [-0.39, 0.29) is 17.9 Å². The SMILES string of the molecule is CC(C)C(C)N(C)C(c1cccc(F)c1)C(C)N. The first-order valence-electron chi connectivity index (χ1n) is 6.57. The Labute approximate surface area is 110 Å². The summed E-state index contributed by atoms with van der Waals surface area (Å²) in [7, 11) is 2.06. The first-order valence-corrected chi connectivity index (χ1v) is 6.57. The monoisotopic (exact) mass is 252 g/mol. The Bertz CT molecular complexity index is 377. The molecule has 0 aliphatic heterocycles. The molecule has 0 amide bonds. The van der Waals surface area contributed by atoms with Gasteiger partial charge in [-0.15, -0.1) is 0 Å². The first-order chi connectivity index (χ1) is 8.34. The fourth-order valence-corrected chi connectivity index (χ4v) is 2.32. The van der Waals surface area contributed by atoms with Crippen molar-refractivity contribution in [1.82, 2.24) is 4.90 Å². The quantitative estimate of drug-likeness (QED) is 0.872. The van der Waals surface area contributed by atoms with Crippen LogP contribution in [0.5, 0.6) is 0 Å². The summed E-state index contributed by atoms with van der Waals surface area (Å²) in [5, 5.41) is 0. The van der Waals surface area contributed by atoms with Crippen LogP contribution in [0, 0.1) is 11.7 Å². The molecule has 0 saturated carbocycles. The normalized spacial score (nSPS) is 16.9. The van der Waals surface area contributed by atoms with E-state index in [1.165, 1.54) is 6.07 Å². The molecule has 2 nitrogen and oxygen atoms in total. The summed E-state index contributed by atoms with van der Waals surface area (Å²) in [4.78, 5) is 2.24. The van der Waals surface area contributed by atoms with Crippen molar-refractivity contribution in [2.75, 3.05) is 7.05 Å². The zero-order valence-electron chi connectivity index (χ0n) is 12.0. The van der Waals surface area contributed by atoms with Gasteiger partial charge in [0.15, 0.2) is 0 Å². The van der Waals surface area contributed by atoms with Crippen LogP contribution in [0.25, 0.3) is 0 Å². The van der Waals surface area contributed by atoms with Crippen molar-refractivity contribution >= 4 is 0 Å². The van der Waals surface area contributed by atoms with E-state index in [1.54, 1.807) is 12.1 Å². The lowest BCUT2D eigenvalue weighted by Crippen LogP contribution is -2.43. The molecule has 1 aromatic carbocycles. The maximum atomic E-state index is 13.4. The number of nitrogens with two attached hydrogens (primary N) is 1. The fourth-order valence-electron chi connectivity index (χ4n) is 2.32. The molecule has 3 heteroatoms. The van der Waals surface area contributed by atoms with Crippen LogP contribution in [0.3, 0.4) is 0 Å². The van der Waals surface area contributed by atoms with Gasteiger partial charge in [0.05, 0.1) is 0 Å². The van der Waals surface area contributed by atoms with E-state index in [4.69, 9.17) is 5.73 Å². The van der Waals surface area contributed by atoms with Crippen LogP contribution in [-0.4, -0.2) is 24.0 Å². The number of rotatable bonds is 5. The lowest BCUT2D eigenvalue weighted by Gasteiger charge is -2.37. The predicted molar refractivity (Wildman–Crippen MR) is 74.9 cm³/mol. The molecule has 0 saturated heterocycles. The van der Waals surface area contributed by atoms with E-state index in [9.17, 15) is 4.39 Å². The van der Waals surface area contributed by atoms with Crippen molar-refractivity contribution in [3.05, 3.63) is 35.6 Å². The Hall–Kier alpha value is -0.930. The van der Waals surface area contributed by atoms with E-state index < -0.39 is 0 Å². The third-order valence-corrected chi connectivity index (χ3v) is 3.73. The third-order valence-electron chi connectivity index (χ3n) is 3.73. The minimum atomic E-state index is -0.205. The zero-order valence-corrected chi connectivity index (χ0v) is 12.0. The van der Waals surface area contributed by atoms with Crippen molar-refractivity contribution < 1.29 is 4.39 Å². The maximum absolute atomic E-state index is 13.4. The fraction of sp³-hybridized carbons (Fsp3) is 0.600. The van der Waals surface area contributed by atoms with E-state index in [1.807, 2.05) is 13.0 Å². The topological polar surface area (TPSA) is 29.3 Å². The Morgan fingerprint density at radius 3 is 2.22 bits per heavy atom. The molecule has 3 unspecified atom stereocenters. The second-order valence-corrected chi connectivity index (χ2v) is 5.51. The molecular formula is C15H25FN2. The predicted octanol–water partition coefficient (Wildman–Crippen LogP) is 3.19. The number of nitrogens with zero attached hydrogens (tertiary/aromatic N) is 1. The number of likely N-dealkylation sites (N-methyl/N-ethyl adjacent to an activating group) is 1. The van der Waals surface area contributed by atoms with E-state index >= 15 is 0 Å². The molecule has 0 fully saturated rings. The smallest absolute Gasteiger partial charge is 0.123 e. The van der Waals surface area contributed by atoms with Crippen molar-refractivity contribution in [3.63, 3.8) is 0 Å². The molecule has 0 spiro atoms. The highest BCUT2D eigenvalue weighted by molar-refractivity contribution is 5.21. The Morgan fingerprint density at radius 1 is 1.17 bits per heavy atom. The molecule has 1 aromatic rings. The van der Waals surface area contributed by atoms with Gasteiger partial charge in [-0.3, -0.25) is 4.90 Å². The lowest BCUT2D eigenvalue weighted by molar-refractivity contribution is 0.132. The van der Waals surface area contributed by atoms with Gasteiger partial charge in [-0.2, -0.15) is 0 Å². The summed E-state index contributed by atoms with van der Waals surface area (Å²) in [5.74, 6) is 0.327. The van der Waals surface area contributed by atoms with Crippen LogP contribution in [0.2, 0.25) is 0 Å². The van der Waals surface area contributed by atoms with Crippen molar-refractivity contribution in [2.24, 2.45) is 11.7 Å². The number of halogens is 1. The summed E-state index contributed by atoms with van der Waals surface area (Å²) >= 11 is 0. The Balaban J connectivity index is 3.03. The van der Waals surface area contributed by atoms with Crippen LogP contribution in [-0.2, 0) is 0 Å². The minimum Gasteiger partial charge on any atom is -0.326 e. The highest BCUT2D eigenvalue weighted by Gasteiger charge is 2.26. The van der Waals surface area contributed by atoms with Gasteiger partial charge in [-0.05, 0) is 44.5 Å².